The van der Waals surface area contributed by atoms with Crippen LogP contribution in [-0.2, 0) is 14.6 Å². The number of aliphatic hydroxyl groups excluding tert-OH is 1. The van der Waals surface area contributed by atoms with E-state index in [1.54, 1.807) is 18.9 Å². The molecule has 0 aliphatic carbocycles. The van der Waals surface area contributed by atoms with E-state index in [0.717, 1.165) is 0 Å². The molecule has 0 aromatic heterocycles. The van der Waals surface area contributed by atoms with E-state index >= 15 is 0 Å². The van der Waals surface area contributed by atoms with Crippen LogP contribution in [0.15, 0.2) is 0 Å². The van der Waals surface area contributed by atoms with Gasteiger partial charge in [-0.25, -0.2) is 8.42 Å². The predicted octanol–water partition coefficient (Wildman–Crippen LogP) is -1.20. The molecule has 3 atom stereocenters. The molecule has 16 heavy (non-hydrogen) atoms. The second-order valence-electron chi connectivity index (χ2n) is 4.39. The minimum Gasteiger partial charge on any atom is -0.481 e. The van der Waals surface area contributed by atoms with Gasteiger partial charge in [0, 0.05) is 6.54 Å². The lowest BCUT2D eigenvalue weighted by molar-refractivity contribution is -0.141. The lowest BCUT2D eigenvalue weighted by Crippen LogP contribution is -2.43. The summed E-state index contributed by atoms with van der Waals surface area (Å²) in [6.07, 6.45) is -0.920. The maximum absolute atomic E-state index is 11.3. The highest BCUT2D eigenvalue weighted by atomic mass is 32.2. The summed E-state index contributed by atoms with van der Waals surface area (Å²) >= 11 is 0. The van der Waals surface area contributed by atoms with E-state index in [2.05, 4.69) is 0 Å². The monoisotopic (exact) mass is 251 g/mol. The fraction of sp³-hybridized carbons (Fsp3) is 0.889. The molecule has 0 aromatic rings. The first-order valence-electron chi connectivity index (χ1n) is 5.04. The summed E-state index contributed by atoms with van der Waals surface area (Å²) in [4.78, 5) is 12.3. The molecule has 0 saturated carbocycles. The van der Waals surface area contributed by atoms with Crippen molar-refractivity contribution in [2.75, 3.05) is 25.1 Å². The molecule has 1 saturated heterocycles. The number of sulfone groups is 1. The van der Waals surface area contributed by atoms with Crippen molar-refractivity contribution >= 4 is 15.8 Å². The molecule has 0 spiro atoms. The Labute approximate surface area is 94.8 Å². The summed E-state index contributed by atoms with van der Waals surface area (Å²) in [5.74, 6) is -1.84. The van der Waals surface area contributed by atoms with Gasteiger partial charge < -0.3 is 10.2 Å². The van der Waals surface area contributed by atoms with Gasteiger partial charge in [0.05, 0.1) is 29.6 Å². The molecule has 6 nitrogen and oxygen atoms in total. The Balaban J connectivity index is 2.62. The average molecular weight is 251 g/mol. The second-order valence-corrected chi connectivity index (χ2v) is 6.54. The molecule has 1 aliphatic heterocycles. The van der Waals surface area contributed by atoms with Gasteiger partial charge in [-0.1, -0.05) is 6.92 Å². The topological polar surface area (TPSA) is 94.9 Å². The first kappa shape index (κ1) is 13.4. The molecule has 1 rings (SSSR count). The summed E-state index contributed by atoms with van der Waals surface area (Å²) in [5, 5.41) is 18.3. The van der Waals surface area contributed by atoms with Gasteiger partial charge in [-0.2, -0.15) is 0 Å². The molecular weight excluding hydrogens is 234 g/mol. The maximum Gasteiger partial charge on any atom is 0.307 e. The van der Waals surface area contributed by atoms with E-state index in [1.807, 2.05) is 0 Å². The van der Waals surface area contributed by atoms with E-state index in [9.17, 15) is 18.3 Å². The smallest absolute Gasteiger partial charge is 0.307 e. The minimum atomic E-state index is -3.18. The third-order valence-electron chi connectivity index (χ3n) is 2.84. The van der Waals surface area contributed by atoms with Gasteiger partial charge in [-0.05, 0) is 7.05 Å². The lowest BCUT2D eigenvalue weighted by Gasteiger charge is -2.27. The Bertz CT molecular complexity index is 366. The number of hydrogen-bond donors (Lipinski definition) is 2. The van der Waals surface area contributed by atoms with Crippen LogP contribution in [0.25, 0.3) is 0 Å². The highest BCUT2D eigenvalue weighted by molar-refractivity contribution is 7.91. The van der Waals surface area contributed by atoms with Crippen molar-refractivity contribution in [2.45, 2.75) is 19.1 Å². The molecule has 0 bridgehead atoms. The number of rotatable bonds is 4. The minimum absolute atomic E-state index is 0.100. The fourth-order valence-corrected chi connectivity index (χ4v) is 3.75. The number of hydrogen-bond acceptors (Lipinski definition) is 5. The Hall–Kier alpha value is -0.660. The molecule has 7 heteroatoms. The van der Waals surface area contributed by atoms with E-state index in [4.69, 9.17) is 5.11 Å². The summed E-state index contributed by atoms with van der Waals surface area (Å²) in [6, 6.07) is -0.494. The van der Waals surface area contributed by atoms with E-state index in [-0.39, 0.29) is 18.1 Å². The molecule has 94 valence electrons. The van der Waals surface area contributed by atoms with Gasteiger partial charge in [-0.15, -0.1) is 0 Å². The zero-order chi connectivity index (χ0) is 12.5. The Morgan fingerprint density at radius 3 is 2.44 bits per heavy atom. The predicted molar refractivity (Wildman–Crippen MR) is 57.9 cm³/mol. The molecular formula is C9H17NO5S. The largest absolute Gasteiger partial charge is 0.481 e. The van der Waals surface area contributed by atoms with Crippen molar-refractivity contribution in [3.8, 4) is 0 Å². The first-order chi connectivity index (χ1) is 7.23. The van der Waals surface area contributed by atoms with Crippen molar-refractivity contribution in [3.63, 3.8) is 0 Å². The molecule has 3 unspecified atom stereocenters. The number of likely N-dealkylation sites (N-methyl/N-ethyl adjacent to an activating group) is 1. The molecule has 0 aromatic carbocycles. The number of carbonyl (C=O) groups is 1. The quantitative estimate of drug-likeness (QED) is 0.651. The summed E-state index contributed by atoms with van der Waals surface area (Å²) in [7, 11) is -1.55. The summed E-state index contributed by atoms with van der Waals surface area (Å²) < 4.78 is 22.5. The van der Waals surface area contributed by atoms with Crippen LogP contribution in [0.2, 0.25) is 0 Å². The Morgan fingerprint density at radius 2 is 2.06 bits per heavy atom. The molecule has 0 amide bonds. The number of aliphatic carboxylic acids is 1. The van der Waals surface area contributed by atoms with Gasteiger partial charge in [-0.3, -0.25) is 9.69 Å². The van der Waals surface area contributed by atoms with Crippen molar-refractivity contribution in [2.24, 2.45) is 5.92 Å². The number of nitrogens with zero attached hydrogens (tertiary/aromatic N) is 1. The highest BCUT2D eigenvalue weighted by Gasteiger charge is 2.39. The molecule has 1 aliphatic rings. The Morgan fingerprint density at radius 1 is 1.50 bits per heavy atom. The second kappa shape index (κ2) is 4.68. The number of aliphatic hydroxyl groups is 1. The molecule has 2 N–H and O–H groups in total. The number of carboxylic acid groups (broad SMARTS) is 1. The van der Waals surface area contributed by atoms with E-state index in [0.29, 0.717) is 0 Å². The van der Waals surface area contributed by atoms with Crippen LogP contribution in [0.1, 0.15) is 6.92 Å². The molecule has 1 heterocycles. The SMILES string of the molecule is CC(CN(C)C1CS(=O)(=O)CC1O)C(=O)O. The third kappa shape index (κ3) is 3.16. The Kier molecular flexibility index (Phi) is 3.92. The van der Waals surface area contributed by atoms with E-state index in [1.165, 1.54) is 0 Å². The highest BCUT2D eigenvalue weighted by Crippen LogP contribution is 2.18. The molecule has 1 fully saturated rings. The maximum atomic E-state index is 11.3. The van der Waals surface area contributed by atoms with Crippen LogP contribution in [0.4, 0.5) is 0 Å². The van der Waals surface area contributed by atoms with Crippen molar-refractivity contribution in [3.05, 3.63) is 0 Å². The van der Waals surface area contributed by atoms with Crippen LogP contribution in [-0.4, -0.2) is 66.7 Å². The van der Waals surface area contributed by atoms with Gasteiger partial charge in [0.2, 0.25) is 0 Å². The van der Waals surface area contributed by atoms with Crippen molar-refractivity contribution in [1.29, 1.82) is 0 Å². The standard InChI is InChI=1S/C9H17NO5S/c1-6(9(12)13)3-10(2)7-4-16(14,15)5-8(7)11/h6-8,11H,3-5H2,1-2H3,(H,12,13). The van der Waals surface area contributed by atoms with Gasteiger partial charge in [0.15, 0.2) is 9.84 Å². The van der Waals surface area contributed by atoms with Crippen molar-refractivity contribution in [1.82, 2.24) is 4.90 Å². The van der Waals surface area contributed by atoms with E-state index < -0.39 is 33.9 Å². The average Bonchev–Trinajstić information content (AvgIpc) is 2.39. The fourth-order valence-electron chi connectivity index (χ4n) is 1.88. The zero-order valence-corrected chi connectivity index (χ0v) is 10.1. The summed E-state index contributed by atoms with van der Waals surface area (Å²) in [6.45, 7) is 1.78. The first-order valence-corrected chi connectivity index (χ1v) is 6.86. The van der Waals surface area contributed by atoms with Crippen molar-refractivity contribution < 1.29 is 23.4 Å². The molecule has 0 radical (unpaired) electrons. The summed E-state index contributed by atoms with van der Waals surface area (Å²) in [5.41, 5.74) is 0. The van der Waals surface area contributed by atoms with Crippen LogP contribution in [0.5, 0.6) is 0 Å². The third-order valence-corrected chi connectivity index (χ3v) is 4.54. The zero-order valence-electron chi connectivity index (χ0n) is 9.33. The number of carboxylic acids is 1. The van der Waals surface area contributed by atoms with Gasteiger partial charge in [0.25, 0.3) is 0 Å². The lowest BCUT2D eigenvalue weighted by atomic mass is 10.1. The van der Waals surface area contributed by atoms with Crippen LogP contribution < -0.4 is 0 Å². The normalized spacial score (nSPS) is 30.5. The van der Waals surface area contributed by atoms with Gasteiger partial charge >= 0.3 is 5.97 Å². The van der Waals surface area contributed by atoms with Crippen LogP contribution in [0, 0.1) is 5.92 Å². The van der Waals surface area contributed by atoms with Gasteiger partial charge in [0.1, 0.15) is 0 Å². The van der Waals surface area contributed by atoms with Crippen LogP contribution in [0.3, 0.4) is 0 Å². The van der Waals surface area contributed by atoms with Crippen LogP contribution >= 0.6 is 0 Å².